The molecule has 2 aliphatic rings. The Labute approximate surface area is 190 Å². The molecule has 0 aliphatic heterocycles. The van der Waals surface area contributed by atoms with E-state index >= 15 is 0 Å². The maximum atomic E-state index is 2.59. The first-order valence-electron chi connectivity index (χ1n) is 11.8. The topological polar surface area (TPSA) is 0 Å². The van der Waals surface area contributed by atoms with E-state index in [4.69, 9.17) is 0 Å². The number of fused-ring (bicyclic) bond motifs is 1. The van der Waals surface area contributed by atoms with E-state index in [-0.39, 0.29) is 5.41 Å². The summed E-state index contributed by atoms with van der Waals surface area (Å²) in [4.78, 5) is 0. The van der Waals surface area contributed by atoms with Crippen molar-refractivity contribution >= 4 is 14.1 Å². The molecular weight excluding hydrogens is 388 g/mol. The molecular formula is C30H38Si. The van der Waals surface area contributed by atoms with Gasteiger partial charge in [0.1, 0.15) is 0 Å². The van der Waals surface area contributed by atoms with Crippen molar-refractivity contribution in [1.82, 2.24) is 0 Å². The Bertz CT molecular complexity index is 1070. The number of hydrogen-bond donors (Lipinski definition) is 0. The van der Waals surface area contributed by atoms with E-state index in [1.165, 1.54) is 27.8 Å². The van der Waals surface area contributed by atoms with Crippen molar-refractivity contribution in [2.24, 2.45) is 5.92 Å². The lowest BCUT2D eigenvalue weighted by atomic mass is 9.86. The first-order valence-corrected chi connectivity index (χ1v) is 15.0. The Balaban J connectivity index is 1.73. The molecule has 0 spiro atoms. The molecule has 0 bridgehead atoms. The molecule has 2 aliphatic carbocycles. The second-order valence-electron chi connectivity index (χ2n) is 11.5. The zero-order valence-electron chi connectivity index (χ0n) is 20.6. The van der Waals surface area contributed by atoms with Crippen LogP contribution in [0.3, 0.4) is 0 Å². The largest absolute Gasteiger partial charge is 0.0800 e. The zero-order chi connectivity index (χ0) is 22.6. The van der Waals surface area contributed by atoms with Gasteiger partial charge >= 0.3 is 0 Å². The highest BCUT2D eigenvalue weighted by Gasteiger charge is 2.43. The maximum Gasteiger partial charge on any atom is 0.0710 e. The monoisotopic (exact) mass is 426 g/mol. The second-order valence-corrected chi connectivity index (χ2v) is 16.4. The summed E-state index contributed by atoms with van der Waals surface area (Å²) in [6.45, 7) is 19.0. The van der Waals surface area contributed by atoms with Crippen LogP contribution in [0.25, 0.3) is 17.2 Å². The molecule has 2 aromatic carbocycles. The average molecular weight is 427 g/mol. The van der Waals surface area contributed by atoms with Gasteiger partial charge in [-0.1, -0.05) is 120 Å². The Hall–Kier alpha value is -2.12. The molecule has 31 heavy (non-hydrogen) atoms. The Morgan fingerprint density at radius 1 is 0.935 bits per heavy atom. The first-order chi connectivity index (χ1) is 14.5. The van der Waals surface area contributed by atoms with Crippen LogP contribution in [0.5, 0.6) is 0 Å². The van der Waals surface area contributed by atoms with Crippen LogP contribution in [0, 0.1) is 5.92 Å². The summed E-state index contributed by atoms with van der Waals surface area (Å²) in [5.74, 6) is 0.612. The normalized spacial score (nSPS) is 20.8. The standard InChI is InChI=1S/C30H38Si/c1-20(2)23-14-17-25(19-23)31(7,8)29-21(3)18-28-26(10-9-11-27(28)29)22-12-15-24(16-13-22)30(4,5)6/h9-20,25,29H,1-8H3. The third-order valence-electron chi connectivity index (χ3n) is 7.48. The predicted octanol–water partition coefficient (Wildman–Crippen LogP) is 8.92. The molecule has 0 fully saturated rings. The van der Waals surface area contributed by atoms with Crippen molar-refractivity contribution in [3.8, 4) is 11.1 Å². The van der Waals surface area contributed by atoms with Crippen molar-refractivity contribution in [2.75, 3.05) is 0 Å². The fourth-order valence-corrected chi connectivity index (χ4v) is 9.42. The molecule has 4 rings (SSSR count). The van der Waals surface area contributed by atoms with Crippen LogP contribution in [0.1, 0.15) is 63.8 Å². The molecule has 2 atom stereocenters. The number of benzene rings is 2. The zero-order valence-corrected chi connectivity index (χ0v) is 21.6. The van der Waals surface area contributed by atoms with Crippen molar-refractivity contribution in [1.29, 1.82) is 0 Å². The summed E-state index contributed by atoms with van der Waals surface area (Å²) in [6, 6.07) is 16.2. The van der Waals surface area contributed by atoms with Crippen LogP contribution in [0.4, 0.5) is 0 Å². The smallest absolute Gasteiger partial charge is 0.0710 e. The predicted molar refractivity (Wildman–Crippen MR) is 140 cm³/mol. The van der Waals surface area contributed by atoms with Crippen LogP contribution >= 0.6 is 0 Å². The SMILES string of the molecule is CC1=Cc2c(-c3ccc(C(C)(C)C)cc3)cccc2C1[Si](C)(C)C1C=CC(C(C)C)=C1. The van der Waals surface area contributed by atoms with E-state index in [0.29, 0.717) is 17.0 Å². The molecule has 0 saturated heterocycles. The van der Waals surface area contributed by atoms with Gasteiger partial charge in [-0.15, -0.1) is 0 Å². The van der Waals surface area contributed by atoms with Crippen molar-refractivity contribution in [2.45, 2.75) is 71.1 Å². The first kappa shape index (κ1) is 22.1. The van der Waals surface area contributed by atoms with Crippen LogP contribution in [0.2, 0.25) is 18.6 Å². The molecule has 2 aromatic rings. The van der Waals surface area contributed by atoms with Gasteiger partial charge in [0.15, 0.2) is 0 Å². The minimum atomic E-state index is -1.63. The molecule has 0 N–H and O–H groups in total. The quantitative estimate of drug-likeness (QED) is 0.428. The van der Waals surface area contributed by atoms with Gasteiger partial charge in [-0.3, -0.25) is 0 Å². The van der Waals surface area contributed by atoms with E-state index in [9.17, 15) is 0 Å². The molecule has 0 heterocycles. The highest BCUT2D eigenvalue weighted by Crippen LogP contribution is 2.50. The van der Waals surface area contributed by atoms with E-state index in [1.54, 1.807) is 11.1 Å². The number of rotatable bonds is 4. The molecule has 162 valence electrons. The maximum absolute atomic E-state index is 2.59. The highest BCUT2D eigenvalue weighted by molar-refractivity contribution is 6.82. The van der Waals surface area contributed by atoms with Gasteiger partial charge in [0.25, 0.3) is 0 Å². The van der Waals surface area contributed by atoms with E-state index in [2.05, 4.69) is 121 Å². The summed E-state index contributed by atoms with van der Waals surface area (Å²) in [5, 5.41) is 0. The highest BCUT2D eigenvalue weighted by atomic mass is 28.3. The Morgan fingerprint density at radius 3 is 2.19 bits per heavy atom. The van der Waals surface area contributed by atoms with Gasteiger partial charge in [-0.25, -0.2) is 0 Å². The molecule has 1 heteroatoms. The summed E-state index contributed by atoms with van der Waals surface area (Å²) < 4.78 is 0. The van der Waals surface area contributed by atoms with Gasteiger partial charge in [0, 0.05) is 5.54 Å². The summed E-state index contributed by atoms with van der Waals surface area (Å²) in [7, 11) is -1.63. The third kappa shape index (κ3) is 3.93. The third-order valence-corrected chi connectivity index (χ3v) is 11.8. The molecule has 0 nitrogen and oxygen atoms in total. The summed E-state index contributed by atoms with van der Waals surface area (Å²) in [6.07, 6.45) is 9.92. The van der Waals surface area contributed by atoms with Crippen molar-refractivity contribution in [3.05, 3.63) is 88.5 Å². The second kappa shape index (κ2) is 7.78. The summed E-state index contributed by atoms with van der Waals surface area (Å²) in [5.41, 5.74) is 11.5. The van der Waals surface area contributed by atoms with Gasteiger partial charge < -0.3 is 0 Å². The van der Waals surface area contributed by atoms with E-state index in [0.717, 1.165) is 0 Å². The van der Waals surface area contributed by atoms with E-state index in [1.807, 2.05) is 0 Å². The minimum absolute atomic E-state index is 0.186. The molecule has 0 amide bonds. The fraction of sp³-hybridized carbons (Fsp3) is 0.400. The van der Waals surface area contributed by atoms with Crippen LogP contribution in [-0.4, -0.2) is 8.07 Å². The minimum Gasteiger partial charge on any atom is -0.0800 e. The van der Waals surface area contributed by atoms with Gasteiger partial charge in [-0.2, -0.15) is 0 Å². The molecule has 0 aromatic heterocycles. The number of allylic oxidation sites excluding steroid dienone is 5. The summed E-state index contributed by atoms with van der Waals surface area (Å²) >= 11 is 0. The van der Waals surface area contributed by atoms with E-state index < -0.39 is 8.07 Å². The van der Waals surface area contributed by atoms with Crippen LogP contribution in [-0.2, 0) is 5.41 Å². The van der Waals surface area contributed by atoms with Gasteiger partial charge in [0.05, 0.1) is 8.07 Å². The fourth-order valence-electron chi connectivity index (χ4n) is 5.51. The lowest BCUT2D eigenvalue weighted by Crippen LogP contribution is -2.38. The van der Waals surface area contributed by atoms with Gasteiger partial charge in [-0.05, 0) is 57.2 Å². The van der Waals surface area contributed by atoms with Crippen LogP contribution in [0.15, 0.2) is 71.8 Å². The lowest BCUT2D eigenvalue weighted by Gasteiger charge is -2.36. The number of hydrogen-bond acceptors (Lipinski definition) is 0. The van der Waals surface area contributed by atoms with Crippen molar-refractivity contribution in [3.63, 3.8) is 0 Å². The lowest BCUT2D eigenvalue weighted by molar-refractivity contribution is 0.590. The van der Waals surface area contributed by atoms with Gasteiger partial charge in [0.2, 0.25) is 0 Å². The average Bonchev–Trinajstić information content (AvgIpc) is 3.32. The molecule has 0 saturated carbocycles. The molecule has 2 unspecified atom stereocenters. The molecule has 0 radical (unpaired) electrons. The van der Waals surface area contributed by atoms with Crippen molar-refractivity contribution < 1.29 is 0 Å². The Kier molecular flexibility index (Phi) is 5.54. The Morgan fingerprint density at radius 2 is 1.61 bits per heavy atom. The van der Waals surface area contributed by atoms with Crippen LogP contribution < -0.4 is 0 Å².